The van der Waals surface area contributed by atoms with E-state index < -0.39 is 62.3 Å². The first-order valence-electron chi connectivity index (χ1n) is 15.0. The molecule has 0 spiro atoms. The Kier molecular flexibility index (Phi) is 12.0. The summed E-state index contributed by atoms with van der Waals surface area (Å²) in [5.41, 5.74) is 4.60. The number of esters is 4. The molecule has 2 aromatic rings. The maximum absolute atomic E-state index is 14.1. The Morgan fingerprint density at radius 2 is 1.74 bits per heavy atom. The van der Waals surface area contributed by atoms with E-state index in [-0.39, 0.29) is 67.5 Å². The molecular formula is C30H42FN5O10Si. The third kappa shape index (κ3) is 9.69. The molecule has 0 radical (unpaired) electrons. The molecule has 15 nitrogen and oxygen atoms in total. The molecule has 2 aromatic heterocycles. The quantitative estimate of drug-likeness (QED) is 0.101. The van der Waals surface area contributed by atoms with Crippen LogP contribution in [0.5, 0.6) is 0 Å². The minimum Gasteiger partial charge on any atom is -0.462 e. The first kappa shape index (κ1) is 37.3. The number of fused-ring (bicyclic) bond motifs is 1. The summed E-state index contributed by atoms with van der Waals surface area (Å²) >= 11 is 0. The first-order chi connectivity index (χ1) is 21.9. The van der Waals surface area contributed by atoms with Crippen molar-refractivity contribution in [1.82, 2.24) is 19.5 Å². The normalized spacial score (nSPS) is 19.7. The molecular weight excluding hydrogens is 637 g/mol. The highest BCUT2D eigenvalue weighted by molar-refractivity contribution is 6.74. The monoisotopic (exact) mass is 679 g/mol. The third-order valence-electron chi connectivity index (χ3n) is 7.95. The molecule has 0 aromatic carbocycles. The van der Waals surface area contributed by atoms with Gasteiger partial charge in [-0.05, 0) is 24.6 Å². The van der Waals surface area contributed by atoms with Crippen LogP contribution in [-0.4, -0.2) is 89.3 Å². The maximum Gasteiger partial charge on any atom is 0.312 e. The molecule has 0 amide bonds. The zero-order valence-electron chi connectivity index (χ0n) is 27.7. The molecule has 3 atom stereocenters. The van der Waals surface area contributed by atoms with Crippen LogP contribution in [0.1, 0.15) is 66.5 Å². The van der Waals surface area contributed by atoms with Crippen molar-refractivity contribution < 1.29 is 51.7 Å². The molecule has 0 saturated carbocycles. The summed E-state index contributed by atoms with van der Waals surface area (Å²) in [5, 5.41) is -0.196. The number of hydrogen-bond acceptors (Lipinski definition) is 14. The average molecular weight is 680 g/mol. The number of terminal acetylenes is 1. The van der Waals surface area contributed by atoms with Crippen molar-refractivity contribution in [2.24, 2.45) is 0 Å². The van der Waals surface area contributed by atoms with Gasteiger partial charge < -0.3 is 33.8 Å². The smallest absolute Gasteiger partial charge is 0.312 e. The molecule has 17 heteroatoms. The van der Waals surface area contributed by atoms with E-state index in [1.54, 1.807) is 0 Å². The molecule has 1 fully saturated rings. The Hall–Kier alpha value is -4.14. The molecule has 258 valence electrons. The maximum atomic E-state index is 14.1. The third-order valence-corrected chi connectivity index (χ3v) is 12.4. The minimum absolute atomic E-state index is 0.0651. The van der Waals surface area contributed by atoms with Crippen molar-refractivity contribution >= 4 is 49.2 Å². The number of nitrogens with two attached hydrogens (primary N) is 1. The van der Waals surface area contributed by atoms with Gasteiger partial charge in [0.1, 0.15) is 26.0 Å². The van der Waals surface area contributed by atoms with Gasteiger partial charge in [-0.25, -0.2) is 4.98 Å². The Morgan fingerprint density at radius 3 is 2.32 bits per heavy atom. The fourth-order valence-corrected chi connectivity index (χ4v) is 5.77. The largest absolute Gasteiger partial charge is 0.462 e. The van der Waals surface area contributed by atoms with Crippen LogP contribution in [0.2, 0.25) is 18.1 Å². The SMILES string of the molecule is C#C[C@]1(COC(=O)CCCC(=O)OC(COC(C)=O)COC(C)=O)O[C@@H](n2cnc3c(N)nc(F)nc32)CC1O[Si](C)(C)C(C)(C)C. The van der Waals surface area contributed by atoms with Crippen LogP contribution in [0.15, 0.2) is 6.33 Å². The van der Waals surface area contributed by atoms with Crippen LogP contribution < -0.4 is 5.73 Å². The number of carbonyl (C=O) groups is 4. The lowest BCUT2D eigenvalue weighted by Crippen LogP contribution is -2.52. The predicted octanol–water partition coefficient (Wildman–Crippen LogP) is 2.98. The van der Waals surface area contributed by atoms with E-state index >= 15 is 0 Å². The highest BCUT2D eigenvalue weighted by Gasteiger charge is 2.54. The van der Waals surface area contributed by atoms with Crippen molar-refractivity contribution in [2.45, 2.75) is 102 Å². The minimum atomic E-state index is -2.44. The van der Waals surface area contributed by atoms with Gasteiger partial charge >= 0.3 is 30.0 Å². The number of nitrogen functional groups attached to an aromatic ring is 1. The molecule has 1 unspecified atom stereocenters. The van der Waals surface area contributed by atoms with Crippen LogP contribution in [-0.2, 0) is 47.3 Å². The molecule has 1 aliphatic rings. The van der Waals surface area contributed by atoms with Gasteiger partial charge in [0.2, 0.25) is 0 Å². The van der Waals surface area contributed by atoms with Gasteiger partial charge in [-0.15, -0.1) is 6.42 Å². The number of ether oxygens (including phenoxy) is 5. The number of anilines is 1. The van der Waals surface area contributed by atoms with Crippen LogP contribution in [0.25, 0.3) is 11.2 Å². The van der Waals surface area contributed by atoms with Gasteiger partial charge in [0.15, 0.2) is 37.0 Å². The number of aromatic nitrogens is 4. The van der Waals surface area contributed by atoms with Crippen molar-refractivity contribution in [3.8, 4) is 12.3 Å². The summed E-state index contributed by atoms with van der Waals surface area (Å²) in [6, 6.07) is 0. The van der Waals surface area contributed by atoms with Crippen LogP contribution in [0.4, 0.5) is 10.2 Å². The van der Waals surface area contributed by atoms with Gasteiger partial charge in [0.05, 0.1) is 12.4 Å². The number of carbonyl (C=O) groups excluding carboxylic acids is 4. The zero-order chi connectivity index (χ0) is 35.2. The molecule has 1 aliphatic heterocycles. The van der Waals surface area contributed by atoms with E-state index in [0.717, 1.165) is 0 Å². The van der Waals surface area contributed by atoms with Crippen molar-refractivity contribution in [3.63, 3.8) is 0 Å². The first-order valence-corrected chi connectivity index (χ1v) is 17.9. The lowest BCUT2D eigenvalue weighted by Gasteiger charge is -2.41. The van der Waals surface area contributed by atoms with Crippen LogP contribution >= 0.6 is 0 Å². The molecule has 2 N–H and O–H groups in total. The number of hydrogen-bond donors (Lipinski definition) is 1. The summed E-state index contributed by atoms with van der Waals surface area (Å²) in [4.78, 5) is 59.0. The summed E-state index contributed by atoms with van der Waals surface area (Å²) in [5.74, 6) is -0.0336. The van der Waals surface area contributed by atoms with Gasteiger partial charge in [0.25, 0.3) is 0 Å². The molecule has 0 aliphatic carbocycles. The fourth-order valence-electron chi connectivity index (χ4n) is 4.42. The zero-order valence-corrected chi connectivity index (χ0v) is 28.7. The Bertz CT molecular complexity index is 1500. The van der Waals surface area contributed by atoms with E-state index in [2.05, 4.69) is 41.6 Å². The predicted molar refractivity (Wildman–Crippen MR) is 166 cm³/mol. The molecule has 1 saturated heterocycles. The van der Waals surface area contributed by atoms with Crippen LogP contribution in [0, 0.1) is 18.4 Å². The highest BCUT2D eigenvalue weighted by Crippen LogP contribution is 2.45. The Morgan fingerprint density at radius 1 is 1.13 bits per heavy atom. The Labute approximate surface area is 273 Å². The standard InChI is InChI=1S/C30H42FN5O10Si/c1-9-30(16-43-23(39)11-10-12-24(40)44-20(14-41-18(2)37)15-42-19(3)38)21(46-47(7,8)29(4,5)6)13-22(45-30)36-17-33-25-26(32)34-28(31)35-27(25)36/h1,17,20-22H,10-16H2,2-8H3,(H2,32,34,35)/t21?,22-,30-/m1/s1. The van der Waals surface area contributed by atoms with Gasteiger partial charge in [0, 0.05) is 33.1 Å². The lowest BCUT2D eigenvalue weighted by atomic mass is 9.99. The summed E-state index contributed by atoms with van der Waals surface area (Å²) in [7, 11) is -2.44. The summed E-state index contributed by atoms with van der Waals surface area (Å²) in [6.45, 7) is 11.7. The van der Waals surface area contributed by atoms with E-state index in [9.17, 15) is 23.6 Å². The molecule has 0 bridgehead atoms. The molecule has 3 rings (SSSR count). The van der Waals surface area contributed by atoms with E-state index in [1.807, 2.05) is 13.1 Å². The van der Waals surface area contributed by atoms with Gasteiger partial charge in [-0.3, -0.25) is 23.7 Å². The second-order valence-corrected chi connectivity index (χ2v) is 17.4. The highest BCUT2D eigenvalue weighted by atomic mass is 28.4. The second-order valence-electron chi connectivity index (χ2n) is 12.6. The number of nitrogens with zero attached hydrogens (tertiary/aromatic N) is 4. The van der Waals surface area contributed by atoms with Crippen molar-refractivity contribution in [2.75, 3.05) is 25.6 Å². The van der Waals surface area contributed by atoms with Gasteiger partial charge in [-0.1, -0.05) is 26.7 Å². The summed E-state index contributed by atoms with van der Waals surface area (Å²) in [6.07, 6.45) is 3.79. The molecule has 3 heterocycles. The molecule has 47 heavy (non-hydrogen) atoms. The topological polar surface area (TPSA) is 193 Å². The average Bonchev–Trinajstić information content (AvgIpc) is 3.54. The lowest BCUT2D eigenvalue weighted by molar-refractivity contribution is -0.166. The van der Waals surface area contributed by atoms with Crippen molar-refractivity contribution in [1.29, 1.82) is 0 Å². The van der Waals surface area contributed by atoms with E-state index in [0.29, 0.717) is 0 Å². The fraction of sp³-hybridized carbons (Fsp3) is 0.633. The second kappa shape index (κ2) is 15.2. The van der Waals surface area contributed by atoms with Gasteiger partial charge in [-0.2, -0.15) is 14.4 Å². The number of imidazole rings is 1. The van der Waals surface area contributed by atoms with Crippen LogP contribution in [0.3, 0.4) is 0 Å². The van der Waals surface area contributed by atoms with E-state index in [4.69, 9.17) is 40.3 Å². The van der Waals surface area contributed by atoms with Crippen molar-refractivity contribution in [3.05, 3.63) is 12.4 Å². The number of halogens is 1. The Balaban J connectivity index is 1.69. The number of rotatable bonds is 14. The summed E-state index contributed by atoms with van der Waals surface area (Å²) < 4.78 is 49.1. The van der Waals surface area contributed by atoms with E-state index in [1.165, 1.54) is 24.7 Å².